The summed E-state index contributed by atoms with van der Waals surface area (Å²) in [5, 5.41) is 3.17. The Bertz CT molecular complexity index is 1280. The van der Waals surface area contributed by atoms with Gasteiger partial charge in [0.1, 0.15) is 11.3 Å². The van der Waals surface area contributed by atoms with Crippen molar-refractivity contribution in [1.82, 2.24) is 29.5 Å². The van der Waals surface area contributed by atoms with Crippen LogP contribution in [0.1, 0.15) is 17.8 Å². The van der Waals surface area contributed by atoms with Crippen LogP contribution in [0.5, 0.6) is 5.75 Å². The van der Waals surface area contributed by atoms with Gasteiger partial charge in [-0.15, -0.1) is 0 Å². The van der Waals surface area contributed by atoms with Crippen molar-refractivity contribution in [2.45, 2.75) is 13.0 Å². The Morgan fingerprint density at radius 3 is 2.53 bits per heavy atom. The lowest BCUT2D eigenvalue weighted by Crippen LogP contribution is -2.37. The first-order valence-corrected chi connectivity index (χ1v) is 10.7. The molecular weight excluding hydrogens is 446 g/mol. The van der Waals surface area contributed by atoms with E-state index in [9.17, 15) is 8.78 Å². The van der Waals surface area contributed by atoms with Crippen LogP contribution in [0.25, 0.3) is 17.0 Å². The minimum absolute atomic E-state index is 0.0415. The van der Waals surface area contributed by atoms with Crippen LogP contribution in [0, 0.1) is 0 Å². The number of pyridine rings is 1. The zero-order chi connectivity index (χ0) is 23.5. The Labute approximate surface area is 193 Å². The minimum atomic E-state index is -2.85. The average Bonchev–Trinajstić information content (AvgIpc) is 3.29. The fourth-order valence-corrected chi connectivity index (χ4v) is 3.73. The summed E-state index contributed by atoms with van der Waals surface area (Å²) in [5.74, 6) is 0.582. The molecule has 0 bridgehead atoms. The van der Waals surface area contributed by atoms with E-state index in [2.05, 4.69) is 30.2 Å². The molecule has 1 aliphatic rings. The van der Waals surface area contributed by atoms with Crippen molar-refractivity contribution in [2.24, 2.45) is 0 Å². The predicted octanol–water partition coefficient (Wildman–Crippen LogP) is 3.00. The molecule has 0 spiro atoms. The lowest BCUT2D eigenvalue weighted by atomic mass is 10.3. The third-order valence-electron chi connectivity index (χ3n) is 5.39. The minimum Gasteiger partial charge on any atom is -0.494 e. The second-order valence-corrected chi connectivity index (χ2v) is 7.50. The van der Waals surface area contributed by atoms with Crippen LogP contribution in [-0.4, -0.2) is 62.9 Å². The molecule has 0 amide bonds. The molecule has 4 heterocycles. The first kappa shape index (κ1) is 21.9. The van der Waals surface area contributed by atoms with Crippen molar-refractivity contribution in [1.29, 1.82) is 0 Å². The van der Waals surface area contributed by atoms with Gasteiger partial charge in [0.05, 0.1) is 25.8 Å². The molecule has 1 N–H and O–H groups in total. The number of hydrogen-bond donors (Lipinski definition) is 1. The number of methoxy groups -OCH3 is 1. The van der Waals surface area contributed by atoms with Gasteiger partial charge in [0.25, 0.3) is 6.43 Å². The van der Waals surface area contributed by atoms with Gasteiger partial charge in [-0.1, -0.05) is 6.07 Å². The lowest BCUT2D eigenvalue weighted by molar-refractivity contribution is 0.122. The Morgan fingerprint density at radius 1 is 1.03 bits per heavy atom. The van der Waals surface area contributed by atoms with Crippen molar-refractivity contribution in [3.05, 3.63) is 54.1 Å². The molecule has 1 fully saturated rings. The van der Waals surface area contributed by atoms with Crippen molar-refractivity contribution in [3.8, 4) is 11.7 Å². The highest BCUT2D eigenvalue weighted by Gasteiger charge is 2.25. The number of anilines is 2. The molecule has 0 radical (unpaired) electrons. The summed E-state index contributed by atoms with van der Waals surface area (Å²) in [4.78, 5) is 23.7. The maximum Gasteiger partial charge on any atom is 0.296 e. The Kier molecular flexibility index (Phi) is 6.12. The second kappa shape index (κ2) is 9.51. The normalized spacial score (nSPS) is 14.1. The fourth-order valence-electron chi connectivity index (χ4n) is 3.73. The van der Waals surface area contributed by atoms with Crippen LogP contribution in [0.15, 0.2) is 42.7 Å². The van der Waals surface area contributed by atoms with Gasteiger partial charge in [-0.25, -0.2) is 13.8 Å². The molecular formula is C22H22F2N8O2. The number of fused-ring (bicyclic) bond motifs is 1. The Balaban J connectivity index is 1.63. The zero-order valence-corrected chi connectivity index (χ0v) is 18.4. The molecule has 0 saturated carbocycles. The molecule has 1 aromatic carbocycles. The van der Waals surface area contributed by atoms with Gasteiger partial charge in [0.15, 0.2) is 5.82 Å². The van der Waals surface area contributed by atoms with Gasteiger partial charge >= 0.3 is 0 Å². The maximum atomic E-state index is 14.1. The average molecular weight is 468 g/mol. The van der Waals surface area contributed by atoms with E-state index in [0.717, 1.165) is 5.56 Å². The number of morpholine rings is 1. The topological polar surface area (TPSA) is 103 Å². The highest BCUT2D eigenvalue weighted by molar-refractivity contribution is 5.84. The van der Waals surface area contributed by atoms with Crippen LogP contribution in [0.3, 0.4) is 0 Å². The molecule has 12 heteroatoms. The molecule has 0 unspecified atom stereocenters. The molecule has 0 atom stereocenters. The number of hydrogen-bond acceptors (Lipinski definition) is 9. The third kappa shape index (κ3) is 4.31. The molecule has 0 aliphatic carbocycles. The molecule has 176 valence electrons. The van der Waals surface area contributed by atoms with Gasteiger partial charge < -0.3 is 19.7 Å². The van der Waals surface area contributed by atoms with E-state index in [1.54, 1.807) is 30.6 Å². The highest BCUT2D eigenvalue weighted by Crippen LogP contribution is 2.32. The molecule has 1 aliphatic heterocycles. The molecule has 3 aromatic heterocycles. The number of imidazole rings is 1. The standard InChI is InChI=1S/C22H22F2N8O2/c1-33-16-4-2-3-15-17(16)27-19(18(23)24)32(15)22-29-20(26-13-14-5-7-25-8-6-14)28-21(30-22)31-9-11-34-12-10-31/h2-8,18H,9-13H2,1H3,(H,26,28,29,30). The number of para-hydroxylation sites is 1. The number of nitrogens with zero attached hydrogens (tertiary/aromatic N) is 7. The number of halogens is 2. The van der Waals surface area contributed by atoms with E-state index in [1.165, 1.54) is 11.7 Å². The number of nitrogens with one attached hydrogen (secondary N) is 1. The molecule has 1 saturated heterocycles. The fraction of sp³-hybridized carbons (Fsp3) is 0.318. The first-order chi connectivity index (χ1) is 16.6. The number of aromatic nitrogens is 6. The second-order valence-electron chi connectivity index (χ2n) is 7.50. The smallest absolute Gasteiger partial charge is 0.296 e. The quantitative estimate of drug-likeness (QED) is 0.438. The summed E-state index contributed by atoms with van der Waals surface area (Å²) in [6.45, 7) is 2.62. The van der Waals surface area contributed by atoms with Gasteiger partial charge in [-0.3, -0.25) is 9.55 Å². The van der Waals surface area contributed by atoms with Gasteiger partial charge in [0.2, 0.25) is 17.8 Å². The van der Waals surface area contributed by atoms with Crippen molar-refractivity contribution < 1.29 is 18.3 Å². The van der Waals surface area contributed by atoms with Crippen LogP contribution in [0.2, 0.25) is 0 Å². The number of benzene rings is 1. The van der Waals surface area contributed by atoms with E-state index in [0.29, 0.717) is 55.6 Å². The monoisotopic (exact) mass is 468 g/mol. The first-order valence-electron chi connectivity index (χ1n) is 10.7. The SMILES string of the molecule is COc1cccc2c1nc(C(F)F)n2-c1nc(NCc2ccncc2)nc(N2CCOCC2)n1. The summed E-state index contributed by atoms with van der Waals surface area (Å²) in [6.07, 6.45) is 0.526. The number of rotatable bonds is 7. The van der Waals surface area contributed by atoms with E-state index in [-0.39, 0.29) is 11.9 Å². The van der Waals surface area contributed by atoms with E-state index in [4.69, 9.17) is 9.47 Å². The summed E-state index contributed by atoms with van der Waals surface area (Å²) in [7, 11) is 1.47. The Hall–Kier alpha value is -3.93. The summed E-state index contributed by atoms with van der Waals surface area (Å²) in [6, 6.07) is 8.79. The molecule has 10 nitrogen and oxygen atoms in total. The van der Waals surface area contributed by atoms with E-state index >= 15 is 0 Å². The van der Waals surface area contributed by atoms with Gasteiger partial charge in [-0.05, 0) is 29.8 Å². The lowest BCUT2D eigenvalue weighted by Gasteiger charge is -2.27. The van der Waals surface area contributed by atoms with Crippen LogP contribution >= 0.6 is 0 Å². The maximum absolute atomic E-state index is 14.1. The summed E-state index contributed by atoms with van der Waals surface area (Å²) < 4.78 is 40.2. The highest BCUT2D eigenvalue weighted by atomic mass is 19.3. The number of alkyl halides is 2. The van der Waals surface area contributed by atoms with E-state index < -0.39 is 12.2 Å². The van der Waals surface area contributed by atoms with Crippen LogP contribution < -0.4 is 15.0 Å². The molecule has 4 aromatic rings. The third-order valence-corrected chi connectivity index (χ3v) is 5.39. The van der Waals surface area contributed by atoms with Crippen molar-refractivity contribution in [2.75, 3.05) is 43.6 Å². The Morgan fingerprint density at radius 2 is 1.79 bits per heavy atom. The van der Waals surface area contributed by atoms with Crippen LogP contribution in [0.4, 0.5) is 20.7 Å². The predicted molar refractivity (Wildman–Crippen MR) is 121 cm³/mol. The molecule has 34 heavy (non-hydrogen) atoms. The molecule has 5 rings (SSSR count). The van der Waals surface area contributed by atoms with Gasteiger partial charge in [-0.2, -0.15) is 15.0 Å². The zero-order valence-electron chi connectivity index (χ0n) is 18.4. The summed E-state index contributed by atoms with van der Waals surface area (Å²) in [5.41, 5.74) is 1.68. The van der Waals surface area contributed by atoms with E-state index in [1.807, 2.05) is 17.0 Å². The van der Waals surface area contributed by atoms with Crippen LogP contribution in [-0.2, 0) is 11.3 Å². The van der Waals surface area contributed by atoms with Gasteiger partial charge in [0, 0.05) is 32.0 Å². The summed E-state index contributed by atoms with van der Waals surface area (Å²) >= 11 is 0. The van der Waals surface area contributed by atoms with Crippen molar-refractivity contribution >= 4 is 22.9 Å². The number of ether oxygens (including phenoxy) is 2. The van der Waals surface area contributed by atoms with Crippen molar-refractivity contribution in [3.63, 3.8) is 0 Å². The largest absolute Gasteiger partial charge is 0.494 e.